The zero-order chi connectivity index (χ0) is 19.3. The Kier molecular flexibility index (Phi) is 3.86. The third kappa shape index (κ3) is 2.64. The molecule has 1 N–H and O–H groups in total. The van der Waals surface area contributed by atoms with E-state index in [0.29, 0.717) is 18.6 Å². The second kappa shape index (κ2) is 6.41. The molecule has 0 atom stereocenters. The van der Waals surface area contributed by atoms with Gasteiger partial charge in [-0.3, -0.25) is 4.79 Å². The first kappa shape index (κ1) is 16.9. The van der Waals surface area contributed by atoms with Gasteiger partial charge >= 0.3 is 0 Å². The van der Waals surface area contributed by atoms with Crippen LogP contribution in [-0.4, -0.2) is 25.5 Å². The van der Waals surface area contributed by atoms with E-state index in [1.165, 1.54) is 22.8 Å². The van der Waals surface area contributed by atoms with Gasteiger partial charge in [-0.2, -0.15) is 10.1 Å². The number of amides is 1. The van der Waals surface area contributed by atoms with Crippen LogP contribution in [0.1, 0.15) is 34.5 Å². The molecular formula is C22H21N5O. The summed E-state index contributed by atoms with van der Waals surface area (Å²) in [6.07, 6.45) is 4.68. The largest absolute Gasteiger partial charge is 0.326 e. The van der Waals surface area contributed by atoms with Crippen molar-refractivity contribution < 1.29 is 4.79 Å². The van der Waals surface area contributed by atoms with Crippen LogP contribution in [0.5, 0.6) is 0 Å². The molecule has 0 radical (unpaired) electrons. The van der Waals surface area contributed by atoms with Gasteiger partial charge in [0.1, 0.15) is 6.33 Å². The Bertz CT molecular complexity index is 1230. The van der Waals surface area contributed by atoms with Crippen molar-refractivity contribution in [3.05, 3.63) is 64.7 Å². The summed E-state index contributed by atoms with van der Waals surface area (Å²) in [6.45, 7) is 3.95. The highest BCUT2D eigenvalue weighted by molar-refractivity contribution is 6.05. The highest BCUT2D eigenvalue weighted by Gasteiger charge is 2.17. The summed E-state index contributed by atoms with van der Waals surface area (Å²) in [5.41, 5.74) is 6.58. The van der Waals surface area contributed by atoms with Gasteiger partial charge in [0.2, 0.25) is 5.91 Å². The summed E-state index contributed by atoms with van der Waals surface area (Å²) in [7, 11) is 0. The number of carbonyl (C=O) groups is 1. The van der Waals surface area contributed by atoms with Crippen molar-refractivity contribution in [2.75, 3.05) is 5.32 Å². The molecule has 1 amide bonds. The van der Waals surface area contributed by atoms with Crippen LogP contribution in [-0.2, 0) is 24.1 Å². The zero-order valence-electron chi connectivity index (χ0n) is 16.0. The van der Waals surface area contributed by atoms with Crippen LogP contribution in [0.15, 0.2) is 36.7 Å². The number of fused-ring (bicyclic) bond motifs is 1. The van der Waals surface area contributed by atoms with Crippen LogP contribution in [0.25, 0.3) is 16.6 Å². The average Bonchev–Trinajstić information content (AvgIpc) is 3.32. The number of aromatic nitrogens is 4. The smallest absolute Gasteiger partial charge is 0.252 e. The zero-order valence-corrected chi connectivity index (χ0v) is 16.0. The predicted molar refractivity (Wildman–Crippen MR) is 109 cm³/mol. The third-order valence-corrected chi connectivity index (χ3v) is 5.74. The number of hydrogen-bond acceptors (Lipinski definition) is 4. The molecule has 0 aliphatic heterocycles. The van der Waals surface area contributed by atoms with Crippen molar-refractivity contribution in [2.24, 2.45) is 0 Å². The van der Waals surface area contributed by atoms with Gasteiger partial charge in [-0.15, -0.1) is 0 Å². The van der Waals surface area contributed by atoms with Crippen molar-refractivity contribution in [2.45, 2.75) is 39.5 Å². The summed E-state index contributed by atoms with van der Waals surface area (Å²) in [6, 6.07) is 10.5. The summed E-state index contributed by atoms with van der Waals surface area (Å²) >= 11 is 0. The first-order valence-electron chi connectivity index (χ1n) is 9.61. The molecule has 1 aliphatic rings. The number of hydrogen-bond donors (Lipinski definition) is 1. The van der Waals surface area contributed by atoms with E-state index in [-0.39, 0.29) is 5.91 Å². The number of aryl methyl sites for hydroxylation is 4. The minimum absolute atomic E-state index is 0.0104. The lowest BCUT2D eigenvalue weighted by Crippen LogP contribution is -2.14. The van der Waals surface area contributed by atoms with Gasteiger partial charge in [-0.1, -0.05) is 24.3 Å². The van der Waals surface area contributed by atoms with E-state index in [2.05, 4.69) is 44.6 Å². The molecule has 2 heterocycles. The molecule has 0 fully saturated rings. The van der Waals surface area contributed by atoms with Crippen molar-refractivity contribution >= 4 is 28.1 Å². The van der Waals surface area contributed by atoms with Crippen molar-refractivity contribution in [1.29, 1.82) is 0 Å². The topological polar surface area (TPSA) is 72.2 Å². The standard InChI is InChI=1S/C22H21N5O/c1-13-17(14(2)27-22(25-13)23-12-24-27)9-11-20(28)26-19-10-8-16-7-6-15-4-3-5-18(19)21(15)16/h3-5,8,10,12H,6-7,9,11H2,1-2H3,(H,26,28). The van der Waals surface area contributed by atoms with Crippen LogP contribution < -0.4 is 5.32 Å². The fourth-order valence-electron chi connectivity index (χ4n) is 4.32. The maximum Gasteiger partial charge on any atom is 0.252 e. The Morgan fingerprint density at radius 1 is 1.14 bits per heavy atom. The van der Waals surface area contributed by atoms with Gasteiger partial charge < -0.3 is 5.32 Å². The van der Waals surface area contributed by atoms with E-state index < -0.39 is 0 Å². The highest BCUT2D eigenvalue weighted by Crippen LogP contribution is 2.35. The molecule has 0 saturated carbocycles. The second-order valence-electron chi connectivity index (χ2n) is 7.39. The van der Waals surface area contributed by atoms with Gasteiger partial charge in [-0.05, 0) is 61.3 Å². The number of rotatable bonds is 4. The molecule has 5 rings (SSSR count). The van der Waals surface area contributed by atoms with Gasteiger partial charge in [-0.25, -0.2) is 9.50 Å². The second-order valence-corrected chi connectivity index (χ2v) is 7.39. The minimum Gasteiger partial charge on any atom is -0.326 e. The lowest BCUT2D eigenvalue weighted by Gasteiger charge is -2.12. The molecule has 28 heavy (non-hydrogen) atoms. The SMILES string of the molecule is Cc1nc2ncnn2c(C)c1CCC(=O)Nc1ccc2c3c(cccc13)CC2. The summed E-state index contributed by atoms with van der Waals surface area (Å²) in [5, 5.41) is 9.78. The normalized spacial score (nSPS) is 12.8. The molecule has 6 nitrogen and oxygen atoms in total. The molecule has 2 aromatic heterocycles. The molecule has 0 unspecified atom stereocenters. The molecule has 6 heteroatoms. The van der Waals surface area contributed by atoms with Crippen molar-refractivity contribution in [3.8, 4) is 0 Å². The molecule has 0 spiro atoms. The molecule has 0 bridgehead atoms. The molecule has 4 aromatic rings. The maximum atomic E-state index is 12.7. The molecular weight excluding hydrogens is 350 g/mol. The Morgan fingerprint density at radius 2 is 1.96 bits per heavy atom. The average molecular weight is 371 g/mol. The van der Waals surface area contributed by atoms with Gasteiger partial charge in [0, 0.05) is 28.9 Å². The first-order chi connectivity index (χ1) is 13.6. The monoisotopic (exact) mass is 371 g/mol. The van der Waals surface area contributed by atoms with Crippen molar-refractivity contribution in [1.82, 2.24) is 19.6 Å². The van der Waals surface area contributed by atoms with Crippen LogP contribution in [0.3, 0.4) is 0 Å². The van der Waals surface area contributed by atoms with Crippen molar-refractivity contribution in [3.63, 3.8) is 0 Å². The maximum absolute atomic E-state index is 12.7. The van der Waals surface area contributed by atoms with Crippen LogP contribution in [0.2, 0.25) is 0 Å². The fourth-order valence-corrected chi connectivity index (χ4v) is 4.32. The lowest BCUT2D eigenvalue weighted by atomic mass is 10.0. The summed E-state index contributed by atoms with van der Waals surface area (Å²) < 4.78 is 1.73. The number of anilines is 1. The minimum atomic E-state index is 0.0104. The number of nitrogens with one attached hydrogen (secondary N) is 1. The van der Waals surface area contributed by atoms with Gasteiger partial charge in [0.15, 0.2) is 0 Å². The molecule has 140 valence electrons. The molecule has 2 aromatic carbocycles. The number of benzene rings is 2. The number of carbonyl (C=O) groups excluding carboxylic acids is 1. The van der Waals surface area contributed by atoms with Gasteiger partial charge in [0.25, 0.3) is 5.78 Å². The third-order valence-electron chi connectivity index (χ3n) is 5.74. The van der Waals surface area contributed by atoms with Crippen LogP contribution in [0, 0.1) is 13.8 Å². The highest BCUT2D eigenvalue weighted by atomic mass is 16.1. The van der Waals surface area contributed by atoms with Crippen LogP contribution in [0.4, 0.5) is 5.69 Å². The lowest BCUT2D eigenvalue weighted by molar-refractivity contribution is -0.116. The quantitative estimate of drug-likeness (QED) is 0.595. The Morgan fingerprint density at radius 3 is 2.82 bits per heavy atom. The molecule has 1 aliphatic carbocycles. The summed E-state index contributed by atoms with van der Waals surface area (Å²) in [5.74, 6) is 0.604. The summed E-state index contributed by atoms with van der Waals surface area (Å²) in [4.78, 5) is 21.3. The Labute approximate surface area is 162 Å². The Balaban J connectivity index is 1.37. The van der Waals surface area contributed by atoms with E-state index in [0.717, 1.165) is 40.9 Å². The Hall–Kier alpha value is -3.28. The van der Waals surface area contributed by atoms with Crippen LogP contribution >= 0.6 is 0 Å². The first-order valence-corrected chi connectivity index (χ1v) is 9.61. The fraction of sp³-hybridized carbons (Fsp3) is 0.273. The predicted octanol–water partition coefficient (Wildman–Crippen LogP) is 3.56. The van der Waals surface area contributed by atoms with E-state index >= 15 is 0 Å². The van der Waals surface area contributed by atoms with E-state index in [4.69, 9.17) is 0 Å². The van der Waals surface area contributed by atoms with E-state index in [9.17, 15) is 4.79 Å². The molecule has 0 saturated heterocycles. The van der Waals surface area contributed by atoms with E-state index in [1.807, 2.05) is 19.9 Å². The van der Waals surface area contributed by atoms with Gasteiger partial charge in [0.05, 0.1) is 0 Å². The number of nitrogens with zero attached hydrogens (tertiary/aromatic N) is 4. The van der Waals surface area contributed by atoms with E-state index in [1.54, 1.807) is 4.52 Å².